The number of carbonyl (C=O) groups is 1. The number of amides is 1. The molecule has 3 heteroatoms. The van der Waals surface area contributed by atoms with Gasteiger partial charge in [0, 0.05) is 19.1 Å². The average Bonchev–Trinajstić information content (AvgIpc) is 2.83. The van der Waals surface area contributed by atoms with E-state index in [-0.39, 0.29) is 5.91 Å². The molecule has 1 aliphatic rings. The Balaban J connectivity index is 1.46. The van der Waals surface area contributed by atoms with E-state index >= 15 is 0 Å². The molecule has 0 fully saturated rings. The molecule has 1 amide bonds. The van der Waals surface area contributed by atoms with Crippen molar-refractivity contribution in [3.8, 4) is 0 Å². The van der Waals surface area contributed by atoms with E-state index in [0.717, 1.165) is 30.6 Å². The lowest BCUT2D eigenvalue weighted by atomic mass is 9.87. The molecule has 0 saturated heterocycles. The van der Waals surface area contributed by atoms with Crippen molar-refractivity contribution >= 4 is 16.7 Å². The molecule has 2 N–H and O–H groups in total. The molecular weight excluding hydrogens is 392 g/mol. The Morgan fingerprint density at radius 3 is 2.41 bits per heavy atom. The fourth-order valence-electron chi connectivity index (χ4n) is 5.09. The maximum atomic E-state index is 12.4. The first-order chi connectivity index (χ1) is 15.6. The molecular formula is C29H28N2O. The van der Waals surface area contributed by atoms with Gasteiger partial charge in [-0.05, 0) is 51.9 Å². The SMILES string of the molecule is CC(c1cccc2ccccc12)N1CCc2ccc(C(C(N)=O)c3ccccc3)cc2C1. The van der Waals surface area contributed by atoms with Crippen molar-refractivity contribution < 1.29 is 4.79 Å². The zero-order chi connectivity index (χ0) is 22.1. The lowest BCUT2D eigenvalue weighted by Gasteiger charge is -2.35. The van der Waals surface area contributed by atoms with Gasteiger partial charge in [-0.15, -0.1) is 0 Å². The number of fused-ring (bicyclic) bond motifs is 2. The molecule has 32 heavy (non-hydrogen) atoms. The van der Waals surface area contributed by atoms with E-state index < -0.39 is 5.92 Å². The summed E-state index contributed by atoms with van der Waals surface area (Å²) in [6.07, 6.45) is 1.01. The van der Waals surface area contributed by atoms with Crippen LogP contribution in [-0.2, 0) is 17.8 Å². The van der Waals surface area contributed by atoms with E-state index in [9.17, 15) is 4.79 Å². The van der Waals surface area contributed by atoms with Crippen molar-refractivity contribution in [2.45, 2.75) is 31.8 Å². The van der Waals surface area contributed by atoms with Crippen LogP contribution < -0.4 is 5.73 Å². The number of primary amides is 1. The minimum Gasteiger partial charge on any atom is -0.369 e. The van der Waals surface area contributed by atoms with Gasteiger partial charge in [0.2, 0.25) is 5.91 Å². The van der Waals surface area contributed by atoms with Gasteiger partial charge in [0.1, 0.15) is 0 Å². The predicted octanol–water partition coefficient (Wildman–Crippen LogP) is 5.58. The third kappa shape index (κ3) is 3.80. The van der Waals surface area contributed by atoms with Crippen molar-refractivity contribution in [3.63, 3.8) is 0 Å². The van der Waals surface area contributed by atoms with Crippen LogP contribution in [0.4, 0.5) is 0 Å². The van der Waals surface area contributed by atoms with Crippen LogP contribution in [0.2, 0.25) is 0 Å². The third-order valence-electron chi connectivity index (χ3n) is 6.84. The maximum absolute atomic E-state index is 12.4. The van der Waals surface area contributed by atoms with Crippen molar-refractivity contribution in [1.82, 2.24) is 4.90 Å². The monoisotopic (exact) mass is 420 g/mol. The van der Waals surface area contributed by atoms with Crippen LogP contribution in [0.3, 0.4) is 0 Å². The van der Waals surface area contributed by atoms with Crippen LogP contribution in [0.1, 0.15) is 46.7 Å². The molecule has 2 unspecified atom stereocenters. The summed E-state index contributed by atoms with van der Waals surface area (Å²) in [5, 5.41) is 2.60. The largest absolute Gasteiger partial charge is 0.369 e. The number of nitrogens with two attached hydrogens (primary N) is 1. The standard InChI is InChI=1S/C29H28N2O/c1-20(26-13-7-11-22-8-5-6-12-27(22)26)31-17-16-21-14-15-24(18-25(21)19-31)28(29(30)32)23-9-3-2-4-10-23/h2-15,18,20,28H,16-17,19H2,1H3,(H2,30,32). The number of benzene rings is 4. The molecule has 1 heterocycles. The molecule has 0 saturated carbocycles. The Hall–Kier alpha value is -3.43. The zero-order valence-corrected chi connectivity index (χ0v) is 18.4. The quantitative estimate of drug-likeness (QED) is 0.458. The molecule has 4 aromatic rings. The van der Waals surface area contributed by atoms with Crippen LogP contribution in [0, 0.1) is 0 Å². The van der Waals surface area contributed by atoms with Crippen molar-refractivity contribution in [1.29, 1.82) is 0 Å². The van der Waals surface area contributed by atoms with Gasteiger partial charge in [-0.3, -0.25) is 9.69 Å². The second kappa shape index (κ2) is 8.60. The van der Waals surface area contributed by atoms with Gasteiger partial charge in [0.15, 0.2) is 0 Å². The summed E-state index contributed by atoms with van der Waals surface area (Å²) < 4.78 is 0. The molecule has 1 aliphatic heterocycles. The highest BCUT2D eigenvalue weighted by atomic mass is 16.1. The summed E-state index contributed by atoms with van der Waals surface area (Å²) in [4.78, 5) is 14.9. The Bertz CT molecular complexity index is 1260. The van der Waals surface area contributed by atoms with Gasteiger partial charge >= 0.3 is 0 Å². The van der Waals surface area contributed by atoms with Crippen LogP contribution in [0.15, 0.2) is 91.0 Å². The van der Waals surface area contributed by atoms with E-state index in [2.05, 4.69) is 72.5 Å². The molecule has 2 atom stereocenters. The third-order valence-corrected chi connectivity index (χ3v) is 6.84. The highest BCUT2D eigenvalue weighted by Gasteiger charge is 2.25. The summed E-state index contributed by atoms with van der Waals surface area (Å²) in [7, 11) is 0. The number of carbonyl (C=O) groups excluding carboxylic acids is 1. The van der Waals surface area contributed by atoms with E-state index in [1.807, 2.05) is 30.3 Å². The zero-order valence-electron chi connectivity index (χ0n) is 18.4. The van der Waals surface area contributed by atoms with Crippen molar-refractivity contribution in [2.75, 3.05) is 6.54 Å². The molecule has 0 aliphatic carbocycles. The minimum absolute atomic E-state index is 0.305. The fraction of sp³-hybridized carbons (Fsp3) is 0.207. The summed E-state index contributed by atoms with van der Waals surface area (Å²) in [6, 6.07) is 31.8. The van der Waals surface area contributed by atoms with Crippen LogP contribution >= 0.6 is 0 Å². The number of hydrogen-bond donors (Lipinski definition) is 1. The molecule has 3 nitrogen and oxygen atoms in total. The van der Waals surface area contributed by atoms with Gasteiger partial charge in [-0.2, -0.15) is 0 Å². The smallest absolute Gasteiger partial charge is 0.229 e. The highest BCUT2D eigenvalue weighted by molar-refractivity contribution is 5.86. The van der Waals surface area contributed by atoms with Crippen molar-refractivity contribution in [2.24, 2.45) is 5.73 Å². The molecule has 0 aromatic heterocycles. The average molecular weight is 421 g/mol. The number of nitrogens with zero attached hydrogens (tertiary/aromatic N) is 1. The summed E-state index contributed by atoms with van der Waals surface area (Å²) >= 11 is 0. The van der Waals surface area contributed by atoms with Crippen LogP contribution in [0.5, 0.6) is 0 Å². The summed E-state index contributed by atoms with van der Waals surface area (Å²) in [5.74, 6) is -0.736. The van der Waals surface area contributed by atoms with Gasteiger partial charge in [-0.1, -0.05) is 91.0 Å². The van der Waals surface area contributed by atoms with Gasteiger partial charge in [0.05, 0.1) is 5.92 Å². The van der Waals surface area contributed by atoms with Gasteiger partial charge < -0.3 is 5.73 Å². The van der Waals surface area contributed by atoms with Crippen molar-refractivity contribution in [3.05, 3.63) is 119 Å². The topological polar surface area (TPSA) is 46.3 Å². The van der Waals surface area contributed by atoms with E-state index in [1.165, 1.54) is 27.5 Å². The Kier molecular flexibility index (Phi) is 5.50. The second-order valence-electron chi connectivity index (χ2n) is 8.74. The molecule has 0 spiro atoms. The van der Waals surface area contributed by atoms with Gasteiger partial charge in [0.25, 0.3) is 0 Å². The van der Waals surface area contributed by atoms with Gasteiger partial charge in [-0.25, -0.2) is 0 Å². The van der Waals surface area contributed by atoms with E-state index in [0.29, 0.717) is 6.04 Å². The summed E-state index contributed by atoms with van der Waals surface area (Å²) in [6.45, 7) is 4.19. The number of rotatable bonds is 5. The molecule has 5 rings (SSSR count). The van der Waals surface area contributed by atoms with Crippen LogP contribution in [-0.4, -0.2) is 17.4 Å². The first kappa shape index (κ1) is 20.5. The minimum atomic E-state index is -0.424. The molecule has 4 aromatic carbocycles. The first-order valence-electron chi connectivity index (χ1n) is 11.3. The lowest BCUT2D eigenvalue weighted by molar-refractivity contribution is -0.118. The predicted molar refractivity (Wildman–Crippen MR) is 130 cm³/mol. The Morgan fingerprint density at radius 1 is 0.844 bits per heavy atom. The lowest BCUT2D eigenvalue weighted by Crippen LogP contribution is -2.33. The van der Waals surface area contributed by atoms with Crippen LogP contribution in [0.25, 0.3) is 10.8 Å². The Labute approximate surface area is 189 Å². The summed E-state index contributed by atoms with van der Waals surface area (Å²) in [5.41, 5.74) is 11.8. The fourth-order valence-corrected chi connectivity index (χ4v) is 5.09. The number of hydrogen-bond acceptors (Lipinski definition) is 2. The molecule has 0 bridgehead atoms. The Morgan fingerprint density at radius 2 is 1.59 bits per heavy atom. The second-order valence-corrected chi connectivity index (χ2v) is 8.74. The van der Waals surface area contributed by atoms with E-state index in [4.69, 9.17) is 5.73 Å². The normalized spacial score (nSPS) is 15.8. The highest BCUT2D eigenvalue weighted by Crippen LogP contribution is 2.33. The first-order valence-corrected chi connectivity index (χ1v) is 11.3. The maximum Gasteiger partial charge on any atom is 0.229 e. The molecule has 0 radical (unpaired) electrons. The van der Waals surface area contributed by atoms with E-state index in [1.54, 1.807) is 0 Å². The molecule has 160 valence electrons.